The highest BCUT2D eigenvalue weighted by Gasteiger charge is 2.45. The molecule has 0 N–H and O–H groups in total. The monoisotopic (exact) mass is 435 g/mol. The molecule has 4 heterocycles. The van der Waals surface area contributed by atoms with Crippen LogP contribution in [0.25, 0.3) is 5.65 Å². The number of sulfone groups is 1. The minimum atomic E-state index is -3.79. The number of nitrogens with zero attached hydrogens (tertiary/aromatic N) is 3. The minimum Gasteiger partial charge on any atom is -0.395 e. The number of hydrogen-bond acceptors (Lipinski definition) is 6. The van der Waals surface area contributed by atoms with Crippen LogP contribution in [0.2, 0.25) is 0 Å². The van der Waals surface area contributed by atoms with Gasteiger partial charge in [0.15, 0.2) is 32.2 Å². The van der Waals surface area contributed by atoms with Crippen LogP contribution >= 0.6 is 0 Å². The van der Waals surface area contributed by atoms with Crippen LogP contribution in [-0.4, -0.2) is 35.8 Å². The predicted molar refractivity (Wildman–Crippen MR) is 101 cm³/mol. The standard InChI is InChI=1S/C19H15F2N3O5S/c1-3-30(26,27)18-16(22-15-5-4-10(2)8-23(15)18)24-9-11-6-13-14(7-12(11)17(24)25)29-19(20,21)28-13/h4-8H,3,9H2,1-2H3. The molecule has 11 heteroatoms. The highest BCUT2D eigenvalue weighted by atomic mass is 32.2. The van der Waals surface area contributed by atoms with E-state index >= 15 is 0 Å². The lowest BCUT2D eigenvalue weighted by Crippen LogP contribution is -2.26. The molecule has 0 aliphatic carbocycles. The van der Waals surface area contributed by atoms with Crippen molar-refractivity contribution in [1.29, 1.82) is 0 Å². The number of imidazole rings is 1. The number of anilines is 1. The van der Waals surface area contributed by atoms with Crippen molar-refractivity contribution in [3.8, 4) is 11.5 Å². The van der Waals surface area contributed by atoms with E-state index in [1.807, 2.05) is 6.92 Å². The molecule has 1 aromatic carbocycles. The molecule has 0 bridgehead atoms. The Labute approximate surface area is 169 Å². The number of fused-ring (bicyclic) bond motifs is 3. The fourth-order valence-electron chi connectivity index (χ4n) is 3.65. The second-order valence-electron chi connectivity index (χ2n) is 7.09. The molecule has 0 spiro atoms. The van der Waals surface area contributed by atoms with Crippen molar-refractivity contribution in [2.75, 3.05) is 10.7 Å². The molecule has 3 aromatic rings. The molecular formula is C19H15F2N3O5S. The van der Waals surface area contributed by atoms with Crippen LogP contribution < -0.4 is 14.4 Å². The van der Waals surface area contributed by atoms with Gasteiger partial charge < -0.3 is 9.47 Å². The third kappa shape index (κ3) is 2.65. The Bertz CT molecular complexity index is 1350. The van der Waals surface area contributed by atoms with E-state index in [9.17, 15) is 22.0 Å². The van der Waals surface area contributed by atoms with Crippen molar-refractivity contribution in [3.05, 3.63) is 47.2 Å². The van der Waals surface area contributed by atoms with Crippen LogP contribution in [0.4, 0.5) is 14.6 Å². The highest BCUT2D eigenvalue weighted by Crippen LogP contribution is 2.45. The number of rotatable bonds is 3. The second kappa shape index (κ2) is 5.91. The van der Waals surface area contributed by atoms with Crippen LogP contribution in [0.5, 0.6) is 11.5 Å². The zero-order valence-corrected chi connectivity index (χ0v) is 16.7. The van der Waals surface area contributed by atoms with Crippen LogP contribution in [0, 0.1) is 6.92 Å². The van der Waals surface area contributed by atoms with Gasteiger partial charge in [0.2, 0.25) is 0 Å². The lowest BCUT2D eigenvalue weighted by molar-refractivity contribution is -0.286. The Morgan fingerprint density at radius 1 is 1.20 bits per heavy atom. The first-order valence-corrected chi connectivity index (χ1v) is 10.7. The van der Waals surface area contributed by atoms with Crippen molar-refractivity contribution in [3.63, 3.8) is 0 Å². The van der Waals surface area contributed by atoms with Crippen molar-refractivity contribution in [1.82, 2.24) is 9.38 Å². The molecule has 0 saturated carbocycles. The van der Waals surface area contributed by atoms with Gasteiger partial charge in [-0.15, -0.1) is 8.78 Å². The van der Waals surface area contributed by atoms with Gasteiger partial charge in [0.05, 0.1) is 12.3 Å². The van der Waals surface area contributed by atoms with E-state index in [4.69, 9.17) is 0 Å². The molecule has 8 nitrogen and oxygen atoms in total. The van der Waals surface area contributed by atoms with Crippen molar-refractivity contribution in [2.45, 2.75) is 31.7 Å². The summed E-state index contributed by atoms with van der Waals surface area (Å²) in [5.74, 6) is -1.17. The number of halogens is 2. The van der Waals surface area contributed by atoms with Crippen molar-refractivity contribution < 1.29 is 31.5 Å². The van der Waals surface area contributed by atoms with Crippen molar-refractivity contribution in [2.24, 2.45) is 0 Å². The van der Waals surface area contributed by atoms with Gasteiger partial charge >= 0.3 is 6.29 Å². The lowest BCUT2D eigenvalue weighted by Gasteiger charge is -2.15. The van der Waals surface area contributed by atoms with E-state index in [-0.39, 0.29) is 40.2 Å². The number of ether oxygens (including phenoxy) is 2. The highest BCUT2D eigenvalue weighted by molar-refractivity contribution is 7.91. The molecule has 156 valence electrons. The third-order valence-corrected chi connectivity index (χ3v) is 6.80. The molecule has 2 aliphatic heterocycles. The van der Waals surface area contributed by atoms with Gasteiger partial charge in [-0.1, -0.05) is 13.0 Å². The van der Waals surface area contributed by atoms with E-state index in [2.05, 4.69) is 14.5 Å². The van der Waals surface area contributed by atoms with Gasteiger partial charge in [-0.3, -0.25) is 14.1 Å². The van der Waals surface area contributed by atoms with Crippen LogP contribution in [0.1, 0.15) is 28.4 Å². The summed E-state index contributed by atoms with van der Waals surface area (Å²) >= 11 is 0. The van der Waals surface area contributed by atoms with Crippen LogP contribution in [0.3, 0.4) is 0 Å². The first-order chi connectivity index (χ1) is 14.1. The maximum absolute atomic E-state index is 13.3. The Balaban J connectivity index is 1.65. The Kier molecular flexibility index (Phi) is 3.70. The fraction of sp³-hybridized carbons (Fsp3) is 0.263. The fourth-order valence-corrected chi connectivity index (χ4v) is 4.80. The molecule has 0 unspecified atom stereocenters. The van der Waals surface area contributed by atoms with Gasteiger partial charge in [-0.25, -0.2) is 13.4 Å². The summed E-state index contributed by atoms with van der Waals surface area (Å²) in [7, 11) is -3.74. The van der Waals surface area contributed by atoms with Gasteiger partial charge in [0, 0.05) is 11.8 Å². The van der Waals surface area contributed by atoms with Gasteiger partial charge in [0.25, 0.3) is 5.91 Å². The SMILES string of the molecule is CCS(=O)(=O)c1c(N2Cc3cc4c(cc3C2=O)OC(F)(F)O4)nc2ccc(C)cn12. The average Bonchev–Trinajstić information content (AvgIpc) is 3.29. The largest absolute Gasteiger partial charge is 0.586 e. The molecule has 5 rings (SSSR count). The van der Waals surface area contributed by atoms with E-state index in [0.717, 1.165) is 5.56 Å². The van der Waals surface area contributed by atoms with E-state index in [0.29, 0.717) is 11.2 Å². The van der Waals surface area contributed by atoms with Crippen LogP contribution in [-0.2, 0) is 16.4 Å². The first kappa shape index (κ1) is 18.8. The number of carbonyl (C=O) groups excluding carboxylic acids is 1. The Morgan fingerprint density at radius 2 is 1.90 bits per heavy atom. The summed E-state index contributed by atoms with van der Waals surface area (Å²) in [6.45, 7) is 3.29. The number of aryl methyl sites for hydroxylation is 1. The quantitative estimate of drug-likeness (QED) is 0.629. The van der Waals surface area contributed by atoms with Gasteiger partial charge in [-0.05, 0) is 36.2 Å². The van der Waals surface area contributed by atoms with Gasteiger partial charge in [0.1, 0.15) is 5.65 Å². The number of pyridine rings is 1. The predicted octanol–water partition coefficient (Wildman–Crippen LogP) is 2.92. The van der Waals surface area contributed by atoms with E-state index in [1.54, 1.807) is 18.3 Å². The zero-order valence-electron chi connectivity index (χ0n) is 15.8. The average molecular weight is 435 g/mol. The number of amides is 1. The maximum Gasteiger partial charge on any atom is 0.586 e. The summed E-state index contributed by atoms with van der Waals surface area (Å²) < 4.78 is 62.7. The molecule has 0 radical (unpaired) electrons. The molecule has 0 fully saturated rings. The normalized spacial score (nSPS) is 17.1. The maximum atomic E-state index is 13.3. The van der Waals surface area contributed by atoms with E-state index < -0.39 is 22.0 Å². The summed E-state index contributed by atoms with van der Waals surface area (Å²) in [5.41, 5.74) is 1.73. The van der Waals surface area contributed by atoms with Gasteiger partial charge in [-0.2, -0.15) is 0 Å². The van der Waals surface area contributed by atoms with E-state index in [1.165, 1.54) is 28.4 Å². The Hall–Kier alpha value is -3.21. The molecule has 1 amide bonds. The summed E-state index contributed by atoms with van der Waals surface area (Å²) in [6.07, 6.45) is -2.15. The van der Waals surface area contributed by atoms with Crippen LogP contribution in [0.15, 0.2) is 35.5 Å². The second-order valence-corrected chi connectivity index (χ2v) is 9.29. The number of carbonyl (C=O) groups is 1. The first-order valence-electron chi connectivity index (χ1n) is 9.06. The molecule has 2 aliphatic rings. The molecular weight excluding hydrogens is 420 g/mol. The summed E-state index contributed by atoms with van der Waals surface area (Å²) in [4.78, 5) is 18.7. The number of aromatic nitrogens is 2. The number of benzene rings is 1. The summed E-state index contributed by atoms with van der Waals surface area (Å²) in [6, 6.07) is 5.94. The number of hydrogen-bond donors (Lipinski definition) is 0. The zero-order chi connectivity index (χ0) is 21.4. The third-order valence-electron chi connectivity index (χ3n) is 5.07. The van der Waals surface area contributed by atoms with Crippen molar-refractivity contribution >= 4 is 27.2 Å². The topological polar surface area (TPSA) is 90.2 Å². The molecule has 0 saturated heterocycles. The molecule has 2 aromatic heterocycles. The summed E-state index contributed by atoms with van der Waals surface area (Å²) in [5, 5.41) is -0.0866. The molecule has 0 atom stereocenters. The Morgan fingerprint density at radius 3 is 2.60 bits per heavy atom. The minimum absolute atomic E-state index is 0.00373. The lowest BCUT2D eigenvalue weighted by atomic mass is 10.1. The number of alkyl halides is 2. The molecule has 30 heavy (non-hydrogen) atoms. The smallest absolute Gasteiger partial charge is 0.395 e.